The summed E-state index contributed by atoms with van der Waals surface area (Å²) >= 11 is 5.42. The van der Waals surface area contributed by atoms with Crippen molar-refractivity contribution in [1.82, 2.24) is 0 Å². The first kappa shape index (κ1) is 11.0. The lowest BCUT2D eigenvalue weighted by molar-refractivity contribution is 0.101. The molecule has 0 aliphatic rings. The van der Waals surface area contributed by atoms with Crippen molar-refractivity contribution in [2.24, 2.45) is 0 Å². The molecule has 0 amide bonds. The van der Waals surface area contributed by atoms with Crippen LogP contribution in [0.25, 0.3) is 0 Å². The minimum atomic E-state index is -2.82. The van der Waals surface area contributed by atoms with Crippen LogP contribution < -0.4 is 0 Å². The number of carbonyl (C=O) groups is 1. The van der Waals surface area contributed by atoms with Crippen LogP contribution in [0.4, 0.5) is 13.2 Å². The minimum Gasteiger partial charge on any atom is -0.294 e. The summed E-state index contributed by atoms with van der Waals surface area (Å²) in [5.74, 6) is -1.55. The van der Waals surface area contributed by atoms with Crippen molar-refractivity contribution >= 4 is 17.4 Å². The van der Waals surface area contributed by atoms with E-state index in [1.807, 2.05) is 0 Å². The smallest absolute Gasteiger partial charge is 0.263 e. The van der Waals surface area contributed by atoms with Crippen LogP contribution in [-0.4, -0.2) is 5.78 Å². The van der Waals surface area contributed by atoms with Gasteiger partial charge in [-0.1, -0.05) is 11.6 Å². The topological polar surface area (TPSA) is 17.1 Å². The van der Waals surface area contributed by atoms with Gasteiger partial charge in [-0.15, -0.1) is 0 Å². The Morgan fingerprint density at radius 1 is 1.43 bits per heavy atom. The number of ketones is 1. The van der Waals surface area contributed by atoms with E-state index in [-0.39, 0.29) is 5.56 Å². The summed E-state index contributed by atoms with van der Waals surface area (Å²) in [7, 11) is 0. The van der Waals surface area contributed by atoms with E-state index in [9.17, 15) is 18.0 Å². The van der Waals surface area contributed by atoms with Gasteiger partial charge in [0, 0.05) is 11.1 Å². The van der Waals surface area contributed by atoms with Gasteiger partial charge in [0.1, 0.15) is 5.82 Å². The molecule has 0 atom stereocenters. The number of hydrogen-bond donors (Lipinski definition) is 0. The first-order valence-corrected chi connectivity index (χ1v) is 4.09. The highest BCUT2D eigenvalue weighted by molar-refractivity contribution is 6.34. The Balaban J connectivity index is 3.35. The SMILES string of the molecule is CC(=O)c1cc(C(F)F)cc(F)c1Cl. The summed E-state index contributed by atoms with van der Waals surface area (Å²) in [6, 6.07) is 1.53. The lowest BCUT2D eigenvalue weighted by Gasteiger charge is -2.05. The molecule has 1 rings (SSSR count). The Kier molecular flexibility index (Phi) is 3.16. The molecule has 5 heteroatoms. The van der Waals surface area contributed by atoms with Crippen LogP contribution in [0.3, 0.4) is 0 Å². The zero-order chi connectivity index (χ0) is 10.9. The number of carbonyl (C=O) groups excluding carboxylic acids is 1. The molecule has 1 aromatic rings. The first-order chi connectivity index (χ1) is 6.43. The van der Waals surface area contributed by atoms with E-state index < -0.39 is 28.6 Å². The molecule has 76 valence electrons. The molecule has 0 aromatic heterocycles. The quantitative estimate of drug-likeness (QED) is 0.699. The van der Waals surface area contributed by atoms with Gasteiger partial charge in [0.25, 0.3) is 6.43 Å². The first-order valence-electron chi connectivity index (χ1n) is 3.71. The second-order valence-corrected chi connectivity index (χ2v) is 3.10. The standard InChI is InChI=1S/C9H6ClF3O/c1-4(14)6-2-5(9(12)13)3-7(11)8(6)10/h2-3,9H,1H3. The summed E-state index contributed by atoms with van der Waals surface area (Å²) in [6.45, 7) is 1.13. The molecule has 0 bridgehead atoms. The predicted octanol–water partition coefficient (Wildman–Crippen LogP) is 3.62. The molecule has 0 fully saturated rings. The molecule has 1 aromatic carbocycles. The number of benzene rings is 1. The van der Waals surface area contributed by atoms with Crippen LogP contribution >= 0.6 is 11.6 Å². The van der Waals surface area contributed by atoms with Crippen LogP contribution in [0, 0.1) is 5.82 Å². The van der Waals surface area contributed by atoms with Gasteiger partial charge in [-0.3, -0.25) is 4.79 Å². The Labute approximate surface area is 83.5 Å². The van der Waals surface area contributed by atoms with Crippen molar-refractivity contribution in [3.8, 4) is 0 Å². The highest BCUT2D eigenvalue weighted by Gasteiger charge is 2.16. The third kappa shape index (κ3) is 2.07. The maximum absolute atomic E-state index is 12.9. The molecule has 0 heterocycles. The van der Waals surface area contributed by atoms with Crippen LogP contribution in [-0.2, 0) is 0 Å². The van der Waals surface area contributed by atoms with Crippen molar-refractivity contribution in [2.45, 2.75) is 13.3 Å². The Morgan fingerprint density at radius 3 is 2.43 bits per heavy atom. The van der Waals surface area contributed by atoms with E-state index in [0.717, 1.165) is 13.0 Å². The Morgan fingerprint density at radius 2 is 2.00 bits per heavy atom. The summed E-state index contributed by atoms with van der Waals surface area (Å²) in [4.78, 5) is 10.9. The maximum atomic E-state index is 12.9. The van der Waals surface area contributed by atoms with E-state index in [0.29, 0.717) is 6.07 Å². The van der Waals surface area contributed by atoms with Crippen LogP contribution in [0.5, 0.6) is 0 Å². The summed E-state index contributed by atoms with van der Waals surface area (Å²) in [6.07, 6.45) is -2.82. The van der Waals surface area contributed by atoms with E-state index in [4.69, 9.17) is 11.6 Å². The predicted molar refractivity (Wildman–Crippen MR) is 46.4 cm³/mol. The maximum Gasteiger partial charge on any atom is 0.263 e. The van der Waals surface area contributed by atoms with Gasteiger partial charge in [0.15, 0.2) is 5.78 Å². The lowest BCUT2D eigenvalue weighted by Crippen LogP contribution is -1.99. The number of halogens is 4. The van der Waals surface area contributed by atoms with Crippen molar-refractivity contribution in [3.63, 3.8) is 0 Å². The lowest BCUT2D eigenvalue weighted by atomic mass is 10.1. The number of alkyl halides is 2. The molecular formula is C9H6ClF3O. The third-order valence-electron chi connectivity index (χ3n) is 1.68. The van der Waals surface area contributed by atoms with Gasteiger partial charge in [-0.2, -0.15) is 0 Å². The number of hydrogen-bond acceptors (Lipinski definition) is 1. The van der Waals surface area contributed by atoms with E-state index in [1.165, 1.54) is 0 Å². The number of Topliss-reactive ketones (excluding diaryl/α,β-unsaturated/α-hetero) is 1. The molecule has 0 radical (unpaired) electrons. The molecule has 0 N–H and O–H groups in total. The fraction of sp³-hybridized carbons (Fsp3) is 0.222. The van der Waals surface area contributed by atoms with E-state index in [2.05, 4.69) is 0 Å². The van der Waals surface area contributed by atoms with Crippen LogP contribution in [0.1, 0.15) is 29.3 Å². The Hall–Kier alpha value is -1.03. The van der Waals surface area contributed by atoms with Gasteiger partial charge < -0.3 is 0 Å². The van der Waals surface area contributed by atoms with Crippen molar-refractivity contribution in [2.75, 3.05) is 0 Å². The van der Waals surface area contributed by atoms with Crippen LogP contribution in [0.2, 0.25) is 5.02 Å². The molecule has 0 unspecified atom stereocenters. The van der Waals surface area contributed by atoms with Gasteiger partial charge in [0.05, 0.1) is 5.02 Å². The minimum absolute atomic E-state index is 0.220. The van der Waals surface area contributed by atoms with Crippen molar-refractivity contribution in [3.05, 3.63) is 34.1 Å². The van der Waals surface area contributed by atoms with Gasteiger partial charge >= 0.3 is 0 Å². The average Bonchev–Trinajstić information content (AvgIpc) is 2.08. The second kappa shape index (κ2) is 4.00. The zero-order valence-corrected chi connectivity index (χ0v) is 7.91. The molecule has 0 saturated heterocycles. The summed E-state index contributed by atoms with van der Waals surface area (Å²) in [5, 5.41) is -0.415. The molecule has 1 nitrogen and oxygen atoms in total. The highest BCUT2D eigenvalue weighted by atomic mass is 35.5. The molecule has 0 aliphatic carbocycles. The third-order valence-corrected chi connectivity index (χ3v) is 2.07. The zero-order valence-electron chi connectivity index (χ0n) is 7.15. The van der Waals surface area contributed by atoms with Gasteiger partial charge in [0.2, 0.25) is 0 Å². The molecule has 14 heavy (non-hydrogen) atoms. The molecule has 0 saturated carbocycles. The van der Waals surface area contributed by atoms with Crippen molar-refractivity contribution in [1.29, 1.82) is 0 Å². The summed E-state index contributed by atoms with van der Waals surface area (Å²) < 4.78 is 37.3. The molecule has 0 aliphatic heterocycles. The normalized spacial score (nSPS) is 10.7. The fourth-order valence-corrected chi connectivity index (χ4v) is 1.23. The fourth-order valence-electron chi connectivity index (χ4n) is 0.992. The largest absolute Gasteiger partial charge is 0.294 e. The average molecular weight is 223 g/mol. The number of rotatable bonds is 2. The second-order valence-electron chi connectivity index (χ2n) is 2.72. The molecular weight excluding hydrogens is 217 g/mol. The Bertz CT molecular complexity index is 377. The highest BCUT2D eigenvalue weighted by Crippen LogP contribution is 2.27. The molecule has 0 spiro atoms. The van der Waals surface area contributed by atoms with Gasteiger partial charge in [-0.05, 0) is 19.1 Å². The van der Waals surface area contributed by atoms with Crippen LogP contribution in [0.15, 0.2) is 12.1 Å². The van der Waals surface area contributed by atoms with Gasteiger partial charge in [-0.25, -0.2) is 13.2 Å². The van der Waals surface area contributed by atoms with E-state index in [1.54, 1.807) is 0 Å². The van der Waals surface area contributed by atoms with Crippen molar-refractivity contribution < 1.29 is 18.0 Å². The summed E-state index contributed by atoms with van der Waals surface area (Å²) in [5.41, 5.74) is -0.765. The van der Waals surface area contributed by atoms with E-state index >= 15 is 0 Å². The monoisotopic (exact) mass is 222 g/mol.